The van der Waals surface area contributed by atoms with Crippen molar-refractivity contribution in [3.05, 3.63) is 76.6 Å². The fraction of sp³-hybridized carbons (Fsp3) is 0.348. The molecular weight excluding hydrogens is 366 g/mol. The molecule has 0 aliphatic heterocycles. The summed E-state index contributed by atoms with van der Waals surface area (Å²) >= 11 is 1.51. The van der Waals surface area contributed by atoms with E-state index in [4.69, 9.17) is 0 Å². The molecule has 5 heteroatoms. The quantitative estimate of drug-likeness (QED) is 0.411. The number of nitrogens with zero attached hydrogens (tertiary/aromatic N) is 3. The summed E-state index contributed by atoms with van der Waals surface area (Å²) in [4.78, 5) is 13.0. The van der Waals surface area contributed by atoms with E-state index in [1.807, 2.05) is 38.1 Å². The van der Waals surface area contributed by atoms with Gasteiger partial charge in [-0.2, -0.15) is 0 Å². The first-order chi connectivity index (χ1) is 13.5. The van der Waals surface area contributed by atoms with Gasteiger partial charge in [0.1, 0.15) is 5.82 Å². The van der Waals surface area contributed by atoms with Crippen molar-refractivity contribution in [2.45, 2.75) is 56.5 Å². The van der Waals surface area contributed by atoms with E-state index in [0.717, 1.165) is 28.7 Å². The highest BCUT2D eigenvalue weighted by Crippen LogP contribution is 2.40. The molecule has 2 aromatic carbocycles. The third kappa shape index (κ3) is 4.04. The largest absolute Gasteiger partial charge is 0.301 e. The maximum absolute atomic E-state index is 13.0. The van der Waals surface area contributed by atoms with Gasteiger partial charge in [-0.05, 0) is 56.4 Å². The highest BCUT2D eigenvalue weighted by Gasteiger charge is 2.31. The van der Waals surface area contributed by atoms with E-state index in [2.05, 4.69) is 46.0 Å². The van der Waals surface area contributed by atoms with Crippen LogP contribution in [0.15, 0.2) is 53.7 Å². The molecule has 1 saturated carbocycles. The molecule has 0 amide bonds. The molecule has 1 aromatic heterocycles. The summed E-state index contributed by atoms with van der Waals surface area (Å²) < 4.78 is 2.20. The van der Waals surface area contributed by atoms with Crippen LogP contribution in [0.4, 0.5) is 0 Å². The fourth-order valence-electron chi connectivity index (χ4n) is 3.29. The van der Waals surface area contributed by atoms with Crippen LogP contribution in [0.5, 0.6) is 0 Å². The van der Waals surface area contributed by atoms with Crippen LogP contribution in [-0.2, 0) is 6.54 Å². The number of ketones is 1. The van der Waals surface area contributed by atoms with Crippen molar-refractivity contribution in [3.8, 4) is 0 Å². The highest BCUT2D eigenvalue weighted by atomic mass is 32.2. The van der Waals surface area contributed by atoms with Gasteiger partial charge in [0.15, 0.2) is 10.9 Å². The Kier molecular flexibility index (Phi) is 5.36. The summed E-state index contributed by atoms with van der Waals surface area (Å²) in [6.07, 6.45) is 2.35. The van der Waals surface area contributed by atoms with Crippen LogP contribution in [0, 0.1) is 13.8 Å². The summed E-state index contributed by atoms with van der Waals surface area (Å²) in [5, 5.41) is 9.53. The first-order valence-electron chi connectivity index (χ1n) is 9.78. The summed E-state index contributed by atoms with van der Waals surface area (Å²) in [6.45, 7) is 6.81. The third-order valence-electron chi connectivity index (χ3n) is 5.31. The molecule has 1 atom stereocenters. The number of carbonyl (C=O) groups excluding carboxylic acids is 1. The Morgan fingerprint density at radius 2 is 1.86 bits per heavy atom. The molecule has 1 heterocycles. The number of aryl methyl sites for hydroxylation is 2. The molecular formula is C23H25N3OS. The number of hydrogen-bond acceptors (Lipinski definition) is 4. The zero-order valence-electron chi connectivity index (χ0n) is 16.6. The minimum absolute atomic E-state index is 0.135. The van der Waals surface area contributed by atoms with Gasteiger partial charge in [-0.25, -0.2) is 0 Å². The van der Waals surface area contributed by atoms with Crippen LogP contribution < -0.4 is 0 Å². The van der Waals surface area contributed by atoms with Gasteiger partial charge in [-0.15, -0.1) is 10.2 Å². The lowest BCUT2D eigenvalue weighted by molar-refractivity contribution is 0.0993. The number of aromatic nitrogens is 3. The van der Waals surface area contributed by atoms with Crippen LogP contribution in [0.3, 0.4) is 0 Å². The van der Waals surface area contributed by atoms with Crippen molar-refractivity contribution in [2.75, 3.05) is 0 Å². The van der Waals surface area contributed by atoms with Crippen molar-refractivity contribution < 1.29 is 4.79 Å². The number of rotatable bonds is 7. The Balaban J connectivity index is 1.56. The van der Waals surface area contributed by atoms with E-state index in [1.54, 1.807) is 0 Å². The van der Waals surface area contributed by atoms with Crippen molar-refractivity contribution in [1.82, 2.24) is 14.8 Å². The number of Topliss-reactive ketones (excluding diaryl/α,β-unsaturated/α-hetero) is 1. The lowest BCUT2D eigenvalue weighted by Gasteiger charge is -2.14. The van der Waals surface area contributed by atoms with Crippen molar-refractivity contribution in [1.29, 1.82) is 0 Å². The molecule has 1 aliphatic carbocycles. The van der Waals surface area contributed by atoms with Crippen LogP contribution in [0.25, 0.3) is 0 Å². The number of hydrogen-bond donors (Lipinski definition) is 0. The Labute approximate surface area is 170 Å². The molecule has 0 saturated heterocycles. The highest BCUT2D eigenvalue weighted by molar-refractivity contribution is 8.00. The average molecular weight is 392 g/mol. The fourth-order valence-corrected chi connectivity index (χ4v) is 4.22. The monoisotopic (exact) mass is 391 g/mol. The van der Waals surface area contributed by atoms with Crippen LogP contribution in [-0.4, -0.2) is 25.8 Å². The molecule has 1 unspecified atom stereocenters. The molecule has 0 N–H and O–H groups in total. The predicted octanol–water partition coefficient (Wildman–Crippen LogP) is 5.18. The summed E-state index contributed by atoms with van der Waals surface area (Å²) in [5.74, 6) is 1.70. The summed E-state index contributed by atoms with van der Waals surface area (Å²) in [5.41, 5.74) is 4.33. The minimum atomic E-state index is -0.215. The van der Waals surface area contributed by atoms with Gasteiger partial charge in [0.05, 0.1) is 11.8 Å². The molecule has 28 heavy (non-hydrogen) atoms. The molecule has 1 fully saturated rings. The zero-order valence-corrected chi connectivity index (χ0v) is 17.4. The van der Waals surface area contributed by atoms with E-state index in [0.29, 0.717) is 5.92 Å². The maximum atomic E-state index is 13.0. The molecule has 144 valence electrons. The second kappa shape index (κ2) is 7.92. The van der Waals surface area contributed by atoms with Crippen LogP contribution in [0.2, 0.25) is 0 Å². The minimum Gasteiger partial charge on any atom is -0.301 e. The molecule has 4 nitrogen and oxygen atoms in total. The predicted molar refractivity (Wildman–Crippen MR) is 113 cm³/mol. The molecule has 0 bridgehead atoms. The topological polar surface area (TPSA) is 47.8 Å². The van der Waals surface area contributed by atoms with Gasteiger partial charge in [-0.1, -0.05) is 54.2 Å². The van der Waals surface area contributed by atoms with Crippen molar-refractivity contribution in [2.24, 2.45) is 0 Å². The summed E-state index contributed by atoms with van der Waals surface area (Å²) in [6, 6.07) is 16.3. The van der Waals surface area contributed by atoms with Gasteiger partial charge in [0.25, 0.3) is 0 Å². The van der Waals surface area contributed by atoms with Gasteiger partial charge in [-0.3, -0.25) is 4.79 Å². The summed E-state index contributed by atoms with van der Waals surface area (Å²) in [7, 11) is 0. The van der Waals surface area contributed by atoms with E-state index in [-0.39, 0.29) is 11.0 Å². The van der Waals surface area contributed by atoms with Gasteiger partial charge < -0.3 is 4.57 Å². The maximum Gasteiger partial charge on any atom is 0.192 e. The van der Waals surface area contributed by atoms with Crippen molar-refractivity contribution in [3.63, 3.8) is 0 Å². The van der Waals surface area contributed by atoms with E-state index in [9.17, 15) is 4.79 Å². The first kappa shape index (κ1) is 18.9. The lowest BCUT2D eigenvalue weighted by atomic mass is 10.0. The normalized spacial score (nSPS) is 14.8. The zero-order chi connectivity index (χ0) is 19.7. The standard InChI is InChI=1S/C23H25N3OS/c1-15-9-10-20(13-16(15)2)21(27)17(3)28-23-25-24-22(19-11-12-19)26(23)14-18-7-5-4-6-8-18/h4-10,13,17,19H,11-12,14H2,1-3H3. The Bertz CT molecular complexity index is 992. The molecule has 1 aliphatic rings. The van der Waals surface area contributed by atoms with Gasteiger partial charge >= 0.3 is 0 Å². The van der Waals surface area contributed by atoms with Gasteiger partial charge in [0, 0.05) is 11.5 Å². The molecule has 4 rings (SSSR count). The van der Waals surface area contributed by atoms with Gasteiger partial charge in [0.2, 0.25) is 0 Å². The Hall–Kier alpha value is -2.40. The van der Waals surface area contributed by atoms with E-state index < -0.39 is 0 Å². The van der Waals surface area contributed by atoms with Crippen LogP contribution in [0.1, 0.15) is 58.6 Å². The lowest BCUT2D eigenvalue weighted by Crippen LogP contribution is -2.15. The van der Waals surface area contributed by atoms with E-state index >= 15 is 0 Å². The SMILES string of the molecule is Cc1ccc(C(=O)C(C)Sc2nnc(C3CC3)n2Cc2ccccc2)cc1C. The number of carbonyl (C=O) groups is 1. The van der Waals surface area contributed by atoms with Crippen molar-refractivity contribution >= 4 is 17.5 Å². The Morgan fingerprint density at radius 3 is 2.54 bits per heavy atom. The Morgan fingerprint density at radius 1 is 1.11 bits per heavy atom. The average Bonchev–Trinajstić information content (AvgIpc) is 3.47. The number of thioether (sulfide) groups is 1. The second-order valence-electron chi connectivity index (χ2n) is 7.61. The smallest absolute Gasteiger partial charge is 0.192 e. The molecule has 0 radical (unpaired) electrons. The first-order valence-corrected chi connectivity index (χ1v) is 10.7. The second-order valence-corrected chi connectivity index (χ2v) is 8.92. The molecule has 0 spiro atoms. The third-order valence-corrected chi connectivity index (χ3v) is 6.39. The number of benzene rings is 2. The van der Waals surface area contributed by atoms with Crippen LogP contribution >= 0.6 is 11.8 Å². The van der Waals surface area contributed by atoms with E-state index in [1.165, 1.54) is 35.7 Å². The molecule has 3 aromatic rings.